The third-order valence-electron chi connectivity index (χ3n) is 6.80. The number of carbonyl (C=O) groups excluding carboxylic acids is 1. The van der Waals surface area contributed by atoms with Crippen LogP contribution in [0, 0.1) is 0 Å². The lowest BCUT2D eigenvalue weighted by Gasteiger charge is -2.51. The molecule has 250 valence electrons. The first kappa shape index (κ1) is 37.6. The Morgan fingerprint density at radius 2 is 1.20 bits per heavy atom. The SMILES string of the molecule is C[Si](C)(C)O[C@H]1O[C@H](CC(=O)OCc2cn([Si](C)(C)C)c3ccccc23)[C@@H](O[Si](C)(C)C)[C@H](O[Si](C)(C)C)[C@H]1O[Si](C)(C)C. The molecule has 44 heavy (non-hydrogen) atoms. The predicted octanol–water partition coefficient (Wildman–Crippen LogP) is 7.99. The molecule has 2 heterocycles. The topological polar surface area (TPSA) is 77.4 Å². The van der Waals surface area contributed by atoms with Gasteiger partial charge in [0.25, 0.3) is 0 Å². The van der Waals surface area contributed by atoms with Crippen LogP contribution >= 0.6 is 0 Å². The fourth-order valence-corrected chi connectivity index (χ4v) is 11.0. The first-order valence-corrected chi connectivity index (χ1v) is 33.0. The largest absolute Gasteiger partial charge is 0.461 e. The van der Waals surface area contributed by atoms with Crippen molar-refractivity contribution in [3.8, 4) is 0 Å². The fourth-order valence-electron chi connectivity index (χ4n) is 5.41. The Morgan fingerprint density at radius 3 is 1.73 bits per heavy atom. The number of hydrogen-bond donors (Lipinski definition) is 0. The highest BCUT2D eigenvalue weighted by atomic mass is 28.4. The molecule has 0 N–H and O–H groups in total. The molecule has 0 radical (unpaired) electrons. The zero-order valence-corrected chi connectivity index (χ0v) is 35.0. The van der Waals surface area contributed by atoms with E-state index in [-0.39, 0.29) is 19.0 Å². The van der Waals surface area contributed by atoms with Crippen molar-refractivity contribution in [1.29, 1.82) is 0 Å². The van der Waals surface area contributed by atoms with Crippen LogP contribution in [-0.4, -0.2) is 82.4 Å². The van der Waals surface area contributed by atoms with Gasteiger partial charge < -0.3 is 31.4 Å². The van der Waals surface area contributed by atoms with Gasteiger partial charge in [0.15, 0.2) is 47.8 Å². The number of rotatable bonds is 13. The lowest BCUT2D eigenvalue weighted by Crippen LogP contribution is -2.66. The maximum atomic E-state index is 13.6. The molecule has 1 aromatic heterocycles. The Hall–Kier alpha value is -0.886. The van der Waals surface area contributed by atoms with Crippen LogP contribution in [0.5, 0.6) is 0 Å². The summed E-state index contributed by atoms with van der Waals surface area (Å²) in [5, 5.41) is 1.12. The van der Waals surface area contributed by atoms with E-state index in [1.807, 2.05) is 6.07 Å². The van der Waals surface area contributed by atoms with E-state index in [9.17, 15) is 4.79 Å². The fraction of sp³-hybridized carbons (Fsp3) is 0.710. The Labute approximate surface area is 271 Å². The molecule has 0 spiro atoms. The van der Waals surface area contributed by atoms with E-state index in [2.05, 4.69) is 127 Å². The predicted molar refractivity (Wildman–Crippen MR) is 193 cm³/mol. The Balaban J connectivity index is 1.95. The first-order chi connectivity index (χ1) is 19.8. The van der Waals surface area contributed by atoms with Gasteiger partial charge in [0.1, 0.15) is 18.8 Å². The number of nitrogens with zero attached hydrogens (tertiary/aromatic N) is 1. The van der Waals surface area contributed by atoms with Crippen molar-refractivity contribution in [3.63, 3.8) is 0 Å². The molecule has 13 heteroatoms. The van der Waals surface area contributed by atoms with Gasteiger partial charge in [-0.15, -0.1) is 0 Å². The van der Waals surface area contributed by atoms with E-state index in [4.69, 9.17) is 27.2 Å². The summed E-state index contributed by atoms with van der Waals surface area (Å²) in [6, 6.07) is 8.34. The average Bonchev–Trinajstić information content (AvgIpc) is 3.18. The normalized spacial score (nSPS) is 24.1. The van der Waals surface area contributed by atoms with Gasteiger partial charge in [-0.25, -0.2) is 0 Å². The third kappa shape index (κ3) is 11.1. The lowest BCUT2D eigenvalue weighted by atomic mass is 9.97. The minimum Gasteiger partial charge on any atom is -0.461 e. The summed E-state index contributed by atoms with van der Waals surface area (Å²) in [6.45, 7) is 33.0. The van der Waals surface area contributed by atoms with Gasteiger partial charge in [-0.1, -0.05) is 37.8 Å². The van der Waals surface area contributed by atoms with Gasteiger partial charge in [-0.05, 0) is 84.6 Å². The van der Waals surface area contributed by atoms with Crippen molar-refractivity contribution in [1.82, 2.24) is 4.23 Å². The second kappa shape index (κ2) is 13.7. The van der Waals surface area contributed by atoms with Crippen LogP contribution in [0.15, 0.2) is 30.5 Å². The van der Waals surface area contributed by atoms with E-state index in [0.717, 1.165) is 10.9 Å². The minimum absolute atomic E-state index is 0.0403. The van der Waals surface area contributed by atoms with E-state index in [1.54, 1.807) is 0 Å². The van der Waals surface area contributed by atoms with Gasteiger partial charge >= 0.3 is 5.97 Å². The molecule has 1 aliphatic heterocycles. The molecular formula is C31H59NO7Si5. The number of ether oxygens (including phenoxy) is 2. The Bertz CT molecular complexity index is 1270. The van der Waals surface area contributed by atoms with Crippen molar-refractivity contribution in [2.75, 3.05) is 0 Å². The molecule has 1 saturated heterocycles. The molecule has 0 aliphatic carbocycles. The van der Waals surface area contributed by atoms with Gasteiger partial charge in [-0.2, -0.15) is 0 Å². The van der Waals surface area contributed by atoms with E-state index >= 15 is 0 Å². The van der Waals surface area contributed by atoms with Crippen molar-refractivity contribution < 1.29 is 32.0 Å². The highest BCUT2D eigenvalue weighted by molar-refractivity contribution is 6.75. The summed E-state index contributed by atoms with van der Waals surface area (Å²) in [4.78, 5) is 13.6. The van der Waals surface area contributed by atoms with E-state index in [0.29, 0.717) is 0 Å². The van der Waals surface area contributed by atoms with Gasteiger partial charge in [0.2, 0.25) is 0 Å². The van der Waals surface area contributed by atoms with E-state index < -0.39 is 72.2 Å². The summed E-state index contributed by atoms with van der Waals surface area (Å²) >= 11 is 0. The van der Waals surface area contributed by atoms with Crippen LogP contribution in [0.1, 0.15) is 12.0 Å². The maximum Gasteiger partial charge on any atom is 0.308 e. The lowest BCUT2D eigenvalue weighted by molar-refractivity contribution is -0.264. The second-order valence-corrected chi connectivity index (χ2v) is 39.6. The summed E-state index contributed by atoms with van der Waals surface area (Å²) in [6.07, 6.45) is -0.433. The molecule has 0 saturated carbocycles. The highest BCUT2D eigenvalue weighted by Crippen LogP contribution is 2.36. The molecule has 5 atom stereocenters. The number of hydrogen-bond acceptors (Lipinski definition) is 7. The van der Waals surface area contributed by atoms with Crippen molar-refractivity contribution in [3.05, 3.63) is 36.0 Å². The standard InChI is InChI=1S/C31H59NO7Si5/c1-40(2,3)32-21-23(24-18-16-17-19-25(24)32)22-34-27(33)20-26-28(36-41(4,5)6)29(37-42(7,8)9)30(38-43(10,11)12)31(35-26)39-44(13,14)15/h16-19,21,26,28-31H,20,22H2,1-15H3/t26-,28-,29+,30-,31-/m1/s1. The summed E-state index contributed by atoms with van der Waals surface area (Å²) < 4.78 is 42.2. The Kier molecular flexibility index (Phi) is 11.7. The first-order valence-electron chi connectivity index (χ1n) is 15.9. The molecule has 0 amide bonds. The zero-order valence-electron chi connectivity index (χ0n) is 30.0. The molecule has 8 nitrogen and oxygen atoms in total. The highest BCUT2D eigenvalue weighted by Gasteiger charge is 2.53. The van der Waals surface area contributed by atoms with E-state index in [1.165, 1.54) is 5.52 Å². The molecule has 1 aliphatic rings. The molecule has 3 rings (SSSR count). The number of para-hydroxylation sites is 1. The molecule has 0 unspecified atom stereocenters. The van der Waals surface area contributed by atoms with Crippen LogP contribution in [0.3, 0.4) is 0 Å². The number of fused-ring (bicyclic) bond motifs is 1. The molecule has 2 aromatic rings. The summed E-state index contributed by atoms with van der Waals surface area (Å²) in [7, 11) is -9.96. The summed E-state index contributed by atoms with van der Waals surface area (Å²) in [5.41, 5.74) is 2.20. The Morgan fingerprint density at radius 1 is 0.705 bits per heavy atom. The summed E-state index contributed by atoms with van der Waals surface area (Å²) in [5.74, 6) is -0.327. The quantitative estimate of drug-likeness (QED) is 0.155. The van der Waals surface area contributed by atoms with Crippen LogP contribution in [0.4, 0.5) is 0 Å². The van der Waals surface area contributed by atoms with Gasteiger partial charge in [0.05, 0.1) is 18.6 Å². The minimum atomic E-state index is -2.10. The number of esters is 1. The molecule has 1 fully saturated rings. The monoisotopic (exact) mass is 697 g/mol. The molecule has 0 bridgehead atoms. The third-order valence-corrected chi connectivity index (χ3v) is 12.5. The van der Waals surface area contributed by atoms with Gasteiger partial charge in [0, 0.05) is 22.7 Å². The van der Waals surface area contributed by atoms with Crippen LogP contribution in [-0.2, 0) is 38.6 Å². The number of benzene rings is 1. The molecular weight excluding hydrogens is 639 g/mol. The molecule has 1 aromatic carbocycles. The number of aromatic nitrogens is 1. The van der Waals surface area contributed by atoms with Crippen LogP contribution < -0.4 is 0 Å². The van der Waals surface area contributed by atoms with Crippen molar-refractivity contribution >= 4 is 58.4 Å². The average molecular weight is 698 g/mol. The van der Waals surface area contributed by atoms with Gasteiger partial charge in [-0.3, -0.25) is 4.79 Å². The van der Waals surface area contributed by atoms with Crippen molar-refractivity contribution in [2.24, 2.45) is 0 Å². The zero-order chi connectivity index (χ0) is 33.5. The van der Waals surface area contributed by atoms with Crippen LogP contribution in [0.2, 0.25) is 98.2 Å². The van der Waals surface area contributed by atoms with Crippen LogP contribution in [0.25, 0.3) is 10.9 Å². The smallest absolute Gasteiger partial charge is 0.308 e. The maximum absolute atomic E-state index is 13.6. The second-order valence-electron chi connectivity index (χ2n) is 16.9. The number of carbonyl (C=O) groups is 1. The van der Waals surface area contributed by atoms with Crippen molar-refractivity contribution in [2.45, 2.75) is 142 Å².